The average Bonchev–Trinajstić information content (AvgIpc) is 3.72. The van der Waals surface area contributed by atoms with Crippen LogP contribution in [0.3, 0.4) is 0 Å². The van der Waals surface area contributed by atoms with E-state index in [4.69, 9.17) is 19.7 Å². The third-order valence-corrected chi connectivity index (χ3v) is 10.5. The molecule has 5 aliphatic heterocycles. The highest BCUT2D eigenvalue weighted by Crippen LogP contribution is 2.48. The number of carbonyl (C=O) groups excluding carboxylic acids is 2. The van der Waals surface area contributed by atoms with Crippen molar-refractivity contribution in [2.75, 3.05) is 7.11 Å². The lowest BCUT2D eigenvalue weighted by Crippen LogP contribution is -2.16. The summed E-state index contributed by atoms with van der Waals surface area (Å²) in [7, 11) is 1.41. The molecule has 1 fully saturated rings. The molecule has 0 amide bonds. The fraction of sp³-hybridized carbons (Fsp3) is 0.382. The van der Waals surface area contributed by atoms with Gasteiger partial charge in [-0.15, -0.1) is 0 Å². The number of halogens is 1. The molecule has 0 aromatic carbocycles. The number of hydrogen-bond acceptors (Lipinski definition) is 8. The van der Waals surface area contributed by atoms with Crippen LogP contribution in [-0.2, 0) is 14.3 Å². The van der Waals surface area contributed by atoms with Crippen LogP contribution >= 0.6 is 22.6 Å². The van der Waals surface area contributed by atoms with Gasteiger partial charge in [0.05, 0.1) is 44.9 Å². The summed E-state index contributed by atoms with van der Waals surface area (Å²) in [5.41, 5.74) is 12.7. The maximum Gasteiger partial charge on any atom is 0.305 e. The number of ether oxygens (including phenoxy) is 1. The van der Waals surface area contributed by atoms with Crippen LogP contribution in [0.4, 0.5) is 0 Å². The molecule has 2 N–H and O–H groups in total. The predicted molar refractivity (Wildman–Crippen MR) is 177 cm³/mol. The van der Waals surface area contributed by atoms with Gasteiger partial charge in [-0.2, -0.15) is 0 Å². The zero-order valence-electron chi connectivity index (χ0n) is 25.5. The number of carbonyl (C=O) groups is 2. The standard InChI is InChI=1S/C34H35IN4O4/c1-8-19-14(2)22-13-25-28(18(6)40)17(5)32(38-25)30(35)31-15(3)20(9-10-27(42)43-7)33(39-31)21-11-26(41)29-16(4)23(37-34(21)29)12-24(19)36-22/h12-13,15,20,39,41H,8-11H2,1-7H3/t15-,20-/m0/s1. The smallest absolute Gasteiger partial charge is 0.305 e. The lowest BCUT2D eigenvalue weighted by atomic mass is 9.86. The average molecular weight is 691 g/mol. The molecule has 1 aliphatic carbocycles. The summed E-state index contributed by atoms with van der Waals surface area (Å²) in [6.45, 7) is 11.8. The Labute approximate surface area is 265 Å². The topological polar surface area (TPSA) is 113 Å². The summed E-state index contributed by atoms with van der Waals surface area (Å²) in [5.74, 6) is -0.0147. The van der Waals surface area contributed by atoms with Crippen LogP contribution < -0.4 is 5.32 Å². The molecular formula is C34H35IN4O4. The summed E-state index contributed by atoms with van der Waals surface area (Å²) in [4.78, 5) is 40.4. The van der Waals surface area contributed by atoms with Gasteiger partial charge < -0.3 is 15.2 Å². The zero-order valence-corrected chi connectivity index (χ0v) is 27.7. The number of aliphatic imine (C=N–C) groups is 3. The molecule has 0 saturated carbocycles. The van der Waals surface area contributed by atoms with Crippen LogP contribution in [0.2, 0.25) is 0 Å². The van der Waals surface area contributed by atoms with E-state index in [0.29, 0.717) is 29.9 Å². The molecular weight excluding hydrogens is 655 g/mol. The Balaban J connectivity index is 1.64. The van der Waals surface area contributed by atoms with Gasteiger partial charge in [-0.05, 0) is 97.6 Å². The molecule has 6 rings (SSSR count). The van der Waals surface area contributed by atoms with Crippen LogP contribution in [0.5, 0.6) is 0 Å². The van der Waals surface area contributed by atoms with E-state index in [9.17, 15) is 14.7 Å². The van der Waals surface area contributed by atoms with Crippen molar-refractivity contribution >= 4 is 51.5 Å². The van der Waals surface area contributed by atoms with Crippen molar-refractivity contribution in [3.05, 3.63) is 89.0 Å². The number of esters is 1. The minimum absolute atomic E-state index is 0.0144. The quantitative estimate of drug-likeness (QED) is 0.239. The summed E-state index contributed by atoms with van der Waals surface area (Å²) in [6.07, 6.45) is 5.94. The van der Waals surface area contributed by atoms with Crippen LogP contribution in [0.25, 0.3) is 0 Å². The lowest BCUT2D eigenvalue weighted by Gasteiger charge is -2.17. The Morgan fingerprint density at radius 3 is 2.47 bits per heavy atom. The SMILES string of the molecule is CCC1=C(C)C2=NC1=CC1=C(C)C3=C(O)CC(=C4NC(=C(I)C5=NC(=C2)C(C(C)=O)=C5C)[C@@H](C)[C@@H]4CCC(=O)OC)C3=N1. The predicted octanol–water partition coefficient (Wildman–Crippen LogP) is 6.96. The molecule has 0 unspecified atom stereocenters. The van der Waals surface area contributed by atoms with Gasteiger partial charge in [0, 0.05) is 52.8 Å². The molecule has 5 heterocycles. The fourth-order valence-electron chi connectivity index (χ4n) is 7.02. The largest absolute Gasteiger partial charge is 0.511 e. The number of methoxy groups -OCH3 is 1. The van der Waals surface area contributed by atoms with E-state index in [0.717, 1.165) is 83.4 Å². The van der Waals surface area contributed by atoms with Gasteiger partial charge >= 0.3 is 5.97 Å². The summed E-state index contributed by atoms with van der Waals surface area (Å²) < 4.78 is 5.90. The fourth-order valence-corrected chi connectivity index (χ4v) is 8.17. The van der Waals surface area contributed by atoms with E-state index in [2.05, 4.69) is 48.7 Å². The van der Waals surface area contributed by atoms with Gasteiger partial charge in [-0.1, -0.05) is 13.8 Å². The highest BCUT2D eigenvalue weighted by molar-refractivity contribution is 14.1. The molecule has 2 atom stereocenters. The van der Waals surface area contributed by atoms with Crippen molar-refractivity contribution < 1.29 is 19.4 Å². The van der Waals surface area contributed by atoms with Crippen LogP contribution in [0.15, 0.2) is 104 Å². The number of nitrogens with zero attached hydrogens (tertiary/aromatic N) is 3. The number of aliphatic hydroxyl groups is 1. The Hall–Kier alpha value is -3.60. The van der Waals surface area contributed by atoms with Crippen LogP contribution in [-0.4, -0.2) is 41.1 Å². The molecule has 1 saturated heterocycles. The van der Waals surface area contributed by atoms with Crippen molar-refractivity contribution in [3.8, 4) is 0 Å². The van der Waals surface area contributed by atoms with E-state index < -0.39 is 0 Å². The van der Waals surface area contributed by atoms with Crippen LogP contribution in [0, 0.1) is 11.8 Å². The lowest BCUT2D eigenvalue weighted by molar-refractivity contribution is -0.140. The van der Waals surface area contributed by atoms with Gasteiger partial charge in [0.25, 0.3) is 0 Å². The van der Waals surface area contributed by atoms with Crippen molar-refractivity contribution in [1.82, 2.24) is 5.32 Å². The van der Waals surface area contributed by atoms with Crippen molar-refractivity contribution in [2.45, 2.75) is 67.2 Å². The number of allylic oxidation sites excluding steroid dienone is 12. The second-order valence-corrected chi connectivity index (χ2v) is 12.8. The number of Topliss-reactive ketones (excluding diaryl/α,β-unsaturated/α-hetero) is 1. The Morgan fingerprint density at radius 1 is 1.05 bits per heavy atom. The first-order chi connectivity index (χ1) is 20.5. The number of hydrogen-bond donors (Lipinski definition) is 2. The molecule has 0 aromatic rings. The first-order valence-corrected chi connectivity index (χ1v) is 15.8. The number of aliphatic hydroxyl groups excluding tert-OH is 1. The molecule has 222 valence electrons. The zero-order chi connectivity index (χ0) is 30.9. The van der Waals surface area contributed by atoms with Gasteiger partial charge in [0.1, 0.15) is 5.76 Å². The third kappa shape index (κ3) is 4.58. The highest BCUT2D eigenvalue weighted by Gasteiger charge is 2.42. The van der Waals surface area contributed by atoms with Gasteiger partial charge in [0.2, 0.25) is 0 Å². The minimum atomic E-state index is -0.258. The van der Waals surface area contributed by atoms with Gasteiger partial charge in [-0.25, -0.2) is 15.0 Å². The molecule has 8 nitrogen and oxygen atoms in total. The second-order valence-electron chi connectivity index (χ2n) is 11.8. The molecule has 0 radical (unpaired) electrons. The van der Waals surface area contributed by atoms with Crippen molar-refractivity contribution in [1.29, 1.82) is 0 Å². The summed E-state index contributed by atoms with van der Waals surface area (Å²) >= 11 is 2.33. The molecule has 0 spiro atoms. The minimum Gasteiger partial charge on any atom is -0.511 e. The Kier molecular flexibility index (Phi) is 7.43. The molecule has 6 aliphatic rings. The highest BCUT2D eigenvalue weighted by atomic mass is 127. The normalized spacial score (nSPS) is 24.6. The van der Waals surface area contributed by atoms with E-state index in [1.807, 2.05) is 26.0 Å². The van der Waals surface area contributed by atoms with E-state index in [-0.39, 0.29) is 30.0 Å². The van der Waals surface area contributed by atoms with Crippen molar-refractivity contribution in [2.24, 2.45) is 26.8 Å². The Morgan fingerprint density at radius 2 is 1.79 bits per heavy atom. The number of nitrogens with one attached hydrogen (secondary N) is 1. The molecule has 8 bridgehead atoms. The van der Waals surface area contributed by atoms with E-state index in [1.54, 1.807) is 6.92 Å². The molecule has 0 aromatic heterocycles. The first-order valence-electron chi connectivity index (χ1n) is 14.7. The number of ketones is 1. The maximum atomic E-state index is 13.0. The monoisotopic (exact) mass is 690 g/mol. The third-order valence-electron chi connectivity index (χ3n) is 9.36. The first kappa shape index (κ1) is 29.5. The molecule has 43 heavy (non-hydrogen) atoms. The summed E-state index contributed by atoms with van der Waals surface area (Å²) in [5, 5.41) is 15.0. The van der Waals surface area contributed by atoms with Crippen LogP contribution in [0.1, 0.15) is 67.2 Å². The van der Waals surface area contributed by atoms with Gasteiger partial charge in [-0.3, -0.25) is 9.59 Å². The number of fused-ring (bicyclic) bond motifs is 5. The van der Waals surface area contributed by atoms with E-state index in [1.165, 1.54) is 7.11 Å². The Bertz CT molecular complexity index is 1780. The maximum absolute atomic E-state index is 13.0. The second kappa shape index (κ2) is 10.8. The van der Waals surface area contributed by atoms with Gasteiger partial charge in [0.15, 0.2) is 5.78 Å². The van der Waals surface area contributed by atoms with Crippen molar-refractivity contribution in [3.63, 3.8) is 0 Å². The summed E-state index contributed by atoms with van der Waals surface area (Å²) in [6, 6.07) is 0. The number of rotatable bonds is 5. The van der Waals surface area contributed by atoms with E-state index >= 15 is 0 Å². The molecule has 9 heteroatoms.